The van der Waals surface area contributed by atoms with Gasteiger partial charge in [-0.2, -0.15) is 0 Å². The molecule has 2 aromatic heterocycles. The lowest BCUT2D eigenvalue weighted by Crippen LogP contribution is -1.82. The molecule has 0 radical (unpaired) electrons. The molecule has 0 amide bonds. The van der Waals surface area contributed by atoms with Crippen LogP contribution < -0.4 is 0 Å². The van der Waals surface area contributed by atoms with E-state index in [-0.39, 0.29) is 0 Å². The van der Waals surface area contributed by atoms with Crippen LogP contribution in [0.25, 0.3) is 10.9 Å². The Balaban J connectivity index is 0.000000396. The second kappa shape index (κ2) is 4.08. The molecule has 0 saturated carbocycles. The largest absolute Gasteiger partial charge is 0.350 e. The van der Waals surface area contributed by atoms with E-state index in [4.69, 9.17) is 0 Å². The Morgan fingerprint density at radius 3 is 2.62 bits per heavy atom. The maximum atomic E-state index is 4.07. The standard InChI is InChI=1S/C9H10N2.C2H6/c1-7-6-11(2)9-3-4-10-5-8(7)9;1-2/h3-6H,1-2H3;1-2H3. The predicted octanol–water partition coefficient (Wildman–Crippen LogP) is 2.91. The Labute approximate surface area is 79.2 Å². The summed E-state index contributed by atoms with van der Waals surface area (Å²) in [4.78, 5) is 4.07. The summed E-state index contributed by atoms with van der Waals surface area (Å²) in [6.07, 6.45) is 5.85. The van der Waals surface area contributed by atoms with Crippen molar-refractivity contribution < 1.29 is 0 Å². The van der Waals surface area contributed by atoms with Crippen LogP contribution in [0.3, 0.4) is 0 Å². The van der Waals surface area contributed by atoms with Crippen LogP contribution in [0.2, 0.25) is 0 Å². The van der Waals surface area contributed by atoms with Gasteiger partial charge in [0.05, 0.1) is 5.52 Å². The Hall–Kier alpha value is -1.31. The lowest BCUT2D eigenvalue weighted by atomic mass is 10.2. The van der Waals surface area contributed by atoms with Gasteiger partial charge in [-0.05, 0) is 18.6 Å². The molecule has 0 aromatic carbocycles. The topological polar surface area (TPSA) is 17.8 Å². The van der Waals surface area contributed by atoms with Crippen LogP contribution in [-0.4, -0.2) is 9.55 Å². The Bertz CT molecular complexity index is 352. The minimum Gasteiger partial charge on any atom is -0.350 e. The highest BCUT2D eigenvalue weighted by Crippen LogP contribution is 2.17. The van der Waals surface area contributed by atoms with Crippen LogP contribution >= 0.6 is 0 Å². The van der Waals surface area contributed by atoms with E-state index in [1.54, 1.807) is 0 Å². The first kappa shape index (κ1) is 9.78. The summed E-state index contributed by atoms with van der Waals surface area (Å²) in [6.45, 7) is 6.10. The van der Waals surface area contributed by atoms with E-state index in [1.165, 1.54) is 16.5 Å². The average Bonchev–Trinajstić information content (AvgIpc) is 2.47. The first-order valence-electron chi connectivity index (χ1n) is 4.64. The van der Waals surface area contributed by atoms with Crippen molar-refractivity contribution in [2.75, 3.05) is 0 Å². The van der Waals surface area contributed by atoms with Gasteiger partial charge in [-0.25, -0.2) is 0 Å². The van der Waals surface area contributed by atoms with E-state index in [0.717, 1.165) is 0 Å². The molecular weight excluding hydrogens is 160 g/mol. The Morgan fingerprint density at radius 1 is 1.31 bits per heavy atom. The number of pyridine rings is 1. The van der Waals surface area contributed by atoms with Crippen molar-refractivity contribution in [2.45, 2.75) is 20.8 Å². The fraction of sp³-hybridized carbons (Fsp3) is 0.364. The van der Waals surface area contributed by atoms with E-state index >= 15 is 0 Å². The van der Waals surface area contributed by atoms with Crippen LogP contribution in [-0.2, 0) is 7.05 Å². The molecule has 0 fully saturated rings. The molecule has 0 spiro atoms. The highest BCUT2D eigenvalue weighted by Gasteiger charge is 1.99. The zero-order chi connectivity index (χ0) is 9.84. The molecule has 0 aliphatic carbocycles. The fourth-order valence-corrected chi connectivity index (χ4v) is 1.43. The van der Waals surface area contributed by atoms with Crippen molar-refractivity contribution in [1.29, 1.82) is 0 Å². The first-order chi connectivity index (χ1) is 6.29. The summed E-state index contributed by atoms with van der Waals surface area (Å²) in [5.41, 5.74) is 2.54. The van der Waals surface area contributed by atoms with Crippen molar-refractivity contribution in [3.05, 3.63) is 30.2 Å². The molecule has 0 bridgehead atoms. The van der Waals surface area contributed by atoms with Crippen molar-refractivity contribution >= 4 is 10.9 Å². The number of hydrogen-bond acceptors (Lipinski definition) is 1. The van der Waals surface area contributed by atoms with E-state index in [0.29, 0.717) is 0 Å². The zero-order valence-corrected chi connectivity index (χ0v) is 8.70. The van der Waals surface area contributed by atoms with Crippen LogP contribution in [0.1, 0.15) is 19.4 Å². The summed E-state index contributed by atoms with van der Waals surface area (Å²) in [5, 5.41) is 1.25. The van der Waals surface area contributed by atoms with Gasteiger partial charge in [-0.1, -0.05) is 13.8 Å². The van der Waals surface area contributed by atoms with Gasteiger partial charge in [0, 0.05) is 31.0 Å². The quantitative estimate of drug-likeness (QED) is 0.603. The second-order valence-corrected chi connectivity index (χ2v) is 2.82. The summed E-state index contributed by atoms with van der Waals surface area (Å²) in [7, 11) is 2.05. The lowest BCUT2D eigenvalue weighted by molar-refractivity contribution is 0.963. The molecule has 0 N–H and O–H groups in total. The number of rotatable bonds is 0. The minimum atomic E-state index is 1.25. The van der Waals surface area contributed by atoms with Gasteiger partial charge >= 0.3 is 0 Å². The molecule has 0 aliphatic heterocycles. The highest BCUT2D eigenvalue weighted by molar-refractivity contribution is 5.82. The third kappa shape index (κ3) is 1.72. The van der Waals surface area contributed by atoms with Gasteiger partial charge in [0.25, 0.3) is 0 Å². The molecule has 0 unspecified atom stereocenters. The average molecular weight is 176 g/mol. The number of aryl methyl sites for hydroxylation is 2. The van der Waals surface area contributed by atoms with Crippen molar-refractivity contribution in [1.82, 2.24) is 9.55 Å². The summed E-state index contributed by atoms with van der Waals surface area (Å²) in [5.74, 6) is 0. The van der Waals surface area contributed by atoms with Gasteiger partial charge < -0.3 is 4.57 Å². The van der Waals surface area contributed by atoms with Crippen LogP contribution in [0.4, 0.5) is 0 Å². The SMILES string of the molecule is CC.Cc1cn(C)c2ccncc12. The van der Waals surface area contributed by atoms with Crippen LogP contribution in [0.15, 0.2) is 24.7 Å². The molecule has 2 rings (SSSR count). The summed E-state index contributed by atoms with van der Waals surface area (Å²) < 4.78 is 2.12. The van der Waals surface area contributed by atoms with E-state index in [1.807, 2.05) is 32.3 Å². The van der Waals surface area contributed by atoms with Gasteiger partial charge in [0.2, 0.25) is 0 Å². The zero-order valence-electron chi connectivity index (χ0n) is 8.70. The molecule has 2 aromatic rings. The van der Waals surface area contributed by atoms with Crippen molar-refractivity contribution in [3.8, 4) is 0 Å². The minimum absolute atomic E-state index is 1.25. The van der Waals surface area contributed by atoms with Crippen LogP contribution in [0, 0.1) is 6.92 Å². The van der Waals surface area contributed by atoms with E-state index in [9.17, 15) is 0 Å². The maximum Gasteiger partial charge on any atom is 0.0511 e. The summed E-state index contributed by atoms with van der Waals surface area (Å²) >= 11 is 0. The fourth-order valence-electron chi connectivity index (χ4n) is 1.43. The second-order valence-electron chi connectivity index (χ2n) is 2.82. The molecule has 0 saturated heterocycles. The molecule has 0 atom stereocenters. The van der Waals surface area contributed by atoms with Crippen molar-refractivity contribution in [2.24, 2.45) is 7.05 Å². The summed E-state index contributed by atoms with van der Waals surface area (Å²) in [6, 6.07) is 2.03. The molecule has 13 heavy (non-hydrogen) atoms. The van der Waals surface area contributed by atoms with Gasteiger partial charge in [-0.15, -0.1) is 0 Å². The maximum absolute atomic E-state index is 4.07. The van der Waals surface area contributed by atoms with Gasteiger partial charge in [0.1, 0.15) is 0 Å². The Kier molecular flexibility index (Phi) is 3.07. The third-order valence-corrected chi connectivity index (χ3v) is 1.99. The smallest absolute Gasteiger partial charge is 0.0511 e. The highest BCUT2D eigenvalue weighted by atomic mass is 14.9. The normalized spacial score (nSPS) is 9.54. The van der Waals surface area contributed by atoms with Gasteiger partial charge in [0.15, 0.2) is 0 Å². The third-order valence-electron chi connectivity index (χ3n) is 1.99. The lowest BCUT2D eigenvalue weighted by Gasteiger charge is -1.92. The number of hydrogen-bond donors (Lipinski definition) is 0. The molecular formula is C11H16N2. The molecule has 70 valence electrons. The molecule has 2 heterocycles. The molecule has 0 aliphatic rings. The number of fused-ring (bicyclic) bond motifs is 1. The van der Waals surface area contributed by atoms with Crippen molar-refractivity contribution in [3.63, 3.8) is 0 Å². The monoisotopic (exact) mass is 176 g/mol. The molecule has 2 nitrogen and oxygen atoms in total. The first-order valence-corrected chi connectivity index (χ1v) is 4.64. The number of nitrogens with zero attached hydrogens (tertiary/aromatic N) is 2. The number of aromatic nitrogens is 2. The van der Waals surface area contributed by atoms with E-state index < -0.39 is 0 Å². The van der Waals surface area contributed by atoms with E-state index in [2.05, 4.69) is 29.7 Å². The van der Waals surface area contributed by atoms with Gasteiger partial charge in [-0.3, -0.25) is 4.98 Å². The predicted molar refractivity (Wildman–Crippen MR) is 56.8 cm³/mol. The van der Waals surface area contributed by atoms with Crippen LogP contribution in [0.5, 0.6) is 0 Å². The molecule has 2 heteroatoms. The Morgan fingerprint density at radius 2 is 2.00 bits per heavy atom.